The van der Waals surface area contributed by atoms with Crippen molar-refractivity contribution in [1.29, 1.82) is 0 Å². The monoisotopic (exact) mass is 517 g/mol. The fourth-order valence-corrected chi connectivity index (χ4v) is 5.11. The molecule has 0 radical (unpaired) electrons. The minimum absolute atomic E-state index is 0.0150. The number of benzene rings is 3. The number of rotatable bonds is 6. The molecule has 0 spiro atoms. The van der Waals surface area contributed by atoms with Crippen LogP contribution in [-0.2, 0) is 13.1 Å². The summed E-state index contributed by atoms with van der Waals surface area (Å²) in [6.07, 6.45) is 1.88. The minimum atomic E-state index is -0.989. The van der Waals surface area contributed by atoms with Gasteiger partial charge in [0.2, 0.25) is 0 Å². The third kappa shape index (κ3) is 4.81. The second-order valence-corrected chi connectivity index (χ2v) is 9.45. The average molecular weight is 518 g/mol. The van der Waals surface area contributed by atoms with Gasteiger partial charge in [-0.1, -0.05) is 60.7 Å². The highest BCUT2D eigenvalue weighted by atomic mass is 16.6. The largest absolute Gasteiger partial charge is 0.478 e. The van der Waals surface area contributed by atoms with Gasteiger partial charge in [-0.25, -0.2) is 9.78 Å². The molecule has 3 heterocycles. The summed E-state index contributed by atoms with van der Waals surface area (Å²) < 4.78 is 6.08. The van der Waals surface area contributed by atoms with Crippen LogP contribution in [0.4, 0.5) is 5.69 Å². The first-order valence-electron chi connectivity index (χ1n) is 12.4. The molecule has 0 saturated heterocycles. The van der Waals surface area contributed by atoms with Crippen LogP contribution < -0.4 is 0 Å². The van der Waals surface area contributed by atoms with Crippen LogP contribution in [0.1, 0.15) is 32.9 Å². The van der Waals surface area contributed by atoms with Crippen LogP contribution in [0.5, 0.6) is 0 Å². The van der Waals surface area contributed by atoms with E-state index in [0.29, 0.717) is 58.9 Å². The van der Waals surface area contributed by atoms with Crippen molar-refractivity contribution < 1.29 is 19.2 Å². The number of fused-ring (bicyclic) bond motifs is 2. The van der Waals surface area contributed by atoms with E-state index in [-0.39, 0.29) is 11.3 Å². The van der Waals surface area contributed by atoms with Gasteiger partial charge in [0, 0.05) is 48.3 Å². The average Bonchev–Trinajstić information content (AvgIpc) is 3.41. The third-order valence-corrected chi connectivity index (χ3v) is 6.82. The Morgan fingerprint density at radius 3 is 2.59 bits per heavy atom. The predicted octanol–water partition coefficient (Wildman–Crippen LogP) is 6.66. The Morgan fingerprint density at radius 1 is 1.00 bits per heavy atom. The number of nitro benzene ring substituents is 1. The maximum absolute atomic E-state index is 12.5. The van der Waals surface area contributed by atoms with E-state index in [4.69, 9.17) is 9.40 Å². The van der Waals surface area contributed by atoms with E-state index in [1.54, 1.807) is 30.3 Å². The molecule has 1 aliphatic heterocycles. The van der Waals surface area contributed by atoms with Crippen LogP contribution in [0.15, 0.2) is 95.4 Å². The van der Waals surface area contributed by atoms with Gasteiger partial charge in [0.1, 0.15) is 11.5 Å². The fraction of sp³-hybridized carbons (Fsp3) is 0.0968. The molecule has 39 heavy (non-hydrogen) atoms. The number of non-ortho nitro benzene ring substituents is 1. The summed E-state index contributed by atoms with van der Waals surface area (Å²) in [5.41, 5.74) is 4.73. The number of hydrogen-bond acceptors (Lipinski definition) is 6. The zero-order valence-corrected chi connectivity index (χ0v) is 20.8. The third-order valence-electron chi connectivity index (χ3n) is 6.82. The number of hydrogen-bond donors (Lipinski definition) is 1. The standard InChI is InChI=1S/C31H23N3O5/c35-31(36)29-25-11-4-5-12-27(25)32-30-22(18-33(19-26(29)30)17-20-7-2-1-3-8-20)16-24-13-14-28(39-24)21-9-6-10-23(15-21)34(37)38/h1-16H,17-19H2,(H,35,36). The summed E-state index contributed by atoms with van der Waals surface area (Å²) in [5, 5.41) is 22.1. The highest BCUT2D eigenvalue weighted by Gasteiger charge is 2.29. The molecule has 3 aromatic carbocycles. The van der Waals surface area contributed by atoms with Gasteiger partial charge in [-0.3, -0.25) is 15.0 Å². The van der Waals surface area contributed by atoms with E-state index in [9.17, 15) is 20.0 Å². The van der Waals surface area contributed by atoms with E-state index >= 15 is 0 Å². The molecule has 1 N–H and O–H groups in total. The molecular formula is C31H23N3O5. The number of aromatic nitrogens is 1. The maximum Gasteiger partial charge on any atom is 0.336 e. The molecular weight excluding hydrogens is 494 g/mol. The molecule has 6 rings (SSSR count). The lowest BCUT2D eigenvalue weighted by Gasteiger charge is -2.31. The van der Waals surface area contributed by atoms with Gasteiger partial charge >= 0.3 is 5.97 Å². The van der Waals surface area contributed by atoms with Crippen molar-refractivity contribution in [3.05, 3.63) is 129 Å². The van der Waals surface area contributed by atoms with Gasteiger partial charge in [0.05, 0.1) is 21.7 Å². The van der Waals surface area contributed by atoms with Gasteiger partial charge in [-0.2, -0.15) is 0 Å². The fourth-order valence-electron chi connectivity index (χ4n) is 5.11. The first-order valence-corrected chi connectivity index (χ1v) is 12.4. The van der Waals surface area contributed by atoms with Gasteiger partial charge in [-0.15, -0.1) is 0 Å². The summed E-state index contributed by atoms with van der Waals surface area (Å²) in [7, 11) is 0. The highest BCUT2D eigenvalue weighted by Crippen LogP contribution is 2.35. The maximum atomic E-state index is 12.5. The lowest BCUT2D eigenvalue weighted by molar-refractivity contribution is -0.384. The Morgan fingerprint density at radius 2 is 1.79 bits per heavy atom. The Balaban J connectivity index is 1.46. The van der Waals surface area contributed by atoms with E-state index in [2.05, 4.69) is 4.90 Å². The molecule has 0 saturated carbocycles. The van der Waals surface area contributed by atoms with Crippen molar-refractivity contribution in [2.75, 3.05) is 6.54 Å². The number of nitro groups is 1. The van der Waals surface area contributed by atoms with Gasteiger partial charge in [-0.05, 0) is 35.4 Å². The van der Waals surface area contributed by atoms with Crippen LogP contribution in [-0.4, -0.2) is 32.4 Å². The zero-order valence-electron chi connectivity index (χ0n) is 20.8. The molecule has 0 unspecified atom stereocenters. The first kappa shape index (κ1) is 24.3. The van der Waals surface area contributed by atoms with Crippen LogP contribution in [0.2, 0.25) is 0 Å². The Labute approximate surface area is 223 Å². The molecule has 0 aliphatic carbocycles. The Hall–Kier alpha value is -5.08. The molecule has 192 valence electrons. The molecule has 5 aromatic rings. The van der Waals surface area contributed by atoms with Gasteiger partial charge < -0.3 is 9.52 Å². The minimum Gasteiger partial charge on any atom is -0.478 e. The van der Waals surface area contributed by atoms with Crippen molar-refractivity contribution in [2.45, 2.75) is 13.1 Å². The molecule has 0 atom stereocenters. The van der Waals surface area contributed by atoms with Gasteiger partial charge in [0.25, 0.3) is 5.69 Å². The molecule has 2 aromatic heterocycles. The van der Waals surface area contributed by atoms with Crippen molar-refractivity contribution in [3.8, 4) is 11.3 Å². The van der Waals surface area contributed by atoms with Gasteiger partial charge in [0.15, 0.2) is 0 Å². The topological polar surface area (TPSA) is 110 Å². The summed E-state index contributed by atoms with van der Waals surface area (Å²) >= 11 is 0. The quantitative estimate of drug-likeness (QED) is 0.198. The van der Waals surface area contributed by atoms with E-state index in [1.165, 1.54) is 12.1 Å². The zero-order chi connectivity index (χ0) is 26.9. The first-order chi connectivity index (χ1) is 19.0. The number of carbonyl (C=O) groups is 1. The number of furan rings is 1. The Kier molecular flexibility index (Phi) is 6.22. The number of aromatic carboxylic acids is 1. The molecule has 1 aliphatic rings. The summed E-state index contributed by atoms with van der Waals surface area (Å²) in [5.74, 6) is 0.0583. The van der Waals surface area contributed by atoms with Crippen molar-refractivity contribution in [2.24, 2.45) is 0 Å². The SMILES string of the molecule is O=C(O)c1c2c(nc3ccccc13)C(=Cc1ccc(-c3cccc([N+](=O)[O-])c3)o1)CN(Cc1ccccc1)C2. The summed E-state index contributed by atoms with van der Waals surface area (Å²) in [6.45, 7) is 1.62. The summed E-state index contributed by atoms with van der Waals surface area (Å²) in [4.78, 5) is 30.4. The van der Waals surface area contributed by atoms with E-state index in [0.717, 1.165) is 11.1 Å². The molecule has 8 heteroatoms. The molecule has 0 bridgehead atoms. The molecule has 8 nitrogen and oxygen atoms in total. The number of carboxylic acid groups (broad SMARTS) is 1. The van der Waals surface area contributed by atoms with Crippen LogP contribution in [0, 0.1) is 10.1 Å². The van der Waals surface area contributed by atoms with E-state index in [1.807, 2.05) is 54.6 Å². The normalized spacial score (nSPS) is 14.4. The van der Waals surface area contributed by atoms with Crippen molar-refractivity contribution in [1.82, 2.24) is 9.88 Å². The van der Waals surface area contributed by atoms with Crippen LogP contribution >= 0.6 is 0 Å². The second kappa shape index (κ2) is 10.00. The van der Waals surface area contributed by atoms with Crippen LogP contribution in [0.25, 0.3) is 33.9 Å². The summed E-state index contributed by atoms with van der Waals surface area (Å²) in [6, 6.07) is 27.2. The number of para-hydroxylation sites is 1. The second-order valence-electron chi connectivity index (χ2n) is 9.45. The lowest BCUT2D eigenvalue weighted by atomic mass is 9.92. The number of nitrogens with zero attached hydrogens (tertiary/aromatic N) is 3. The molecule has 0 fully saturated rings. The highest BCUT2D eigenvalue weighted by molar-refractivity contribution is 6.06. The Bertz CT molecular complexity index is 1760. The lowest BCUT2D eigenvalue weighted by Crippen LogP contribution is -2.31. The number of pyridine rings is 1. The van der Waals surface area contributed by atoms with E-state index < -0.39 is 10.9 Å². The van der Waals surface area contributed by atoms with Crippen LogP contribution in [0.3, 0.4) is 0 Å². The smallest absolute Gasteiger partial charge is 0.336 e. The predicted molar refractivity (Wildman–Crippen MR) is 148 cm³/mol. The van der Waals surface area contributed by atoms with Crippen molar-refractivity contribution in [3.63, 3.8) is 0 Å². The number of carboxylic acids is 1. The molecule has 0 amide bonds. The van der Waals surface area contributed by atoms with Crippen molar-refractivity contribution >= 4 is 34.2 Å².